The molecule has 0 aliphatic carbocycles. The number of nitrogens with zero attached hydrogens (tertiary/aromatic N) is 3. The second-order valence-electron chi connectivity index (χ2n) is 4.37. The van der Waals surface area contributed by atoms with E-state index in [1.807, 2.05) is 6.20 Å². The maximum atomic E-state index is 10.8. The maximum absolute atomic E-state index is 10.8. The molecule has 2 rings (SSSR count). The summed E-state index contributed by atoms with van der Waals surface area (Å²) in [6, 6.07) is 0.0839. The van der Waals surface area contributed by atoms with Crippen molar-refractivity contribution in [2.24, 2.45) is 0 Å². The van der Waals surface area contributed by atoms with Crippen LogP contribution in [0.25, 0.3) is 6.08 Å². The molecule has 96 valence electrons. The molecule has 1 aromatic rings. The van der Waals surface area contributed by atoms with Crippen LogP contribution in [-0.2, 0) is 4.79 Å². The predicted octanol–water partition coefficient (Wildman–Crippen LogP) is 1.41. The highest BCUT2D eigenvalue weighted by atomic mass is 16.4. The van der Waals surface area contributed by atoms with Crippen LogP contribution < -0.4 is 0 Å². The van der Waals surface area contributed by atoms with E-state index in [0.717, 1.165) is 12.0 Å². The lowest BCUT2D eigenvalue weighted by Gasteiger charge is -2.12. The van der Waals surface area contributed by atoms with E-state index in [1.54, 1.807) is 17.0 Å². The van der Waals surface area contributed by atoms with Crippen LogP contribution >= 0.6 is 0 Å². The number of likely N-dealkylation sites (tertiary alicyclic amines) is 1. The Balaban J connectivity index is 2.03. The third-order valence-corrected chi connectivity index (χ3v) is 2.94. The van der Waals surface area contributed by atoms with Gasteiger partial charge in [-0.3, -0.25) is 9.48 Å². The van der Waals surface area contributed by atoms with Crippen LogP contribution in [0.4, 0.5) is 4.79 Å². The van der Waals surface area contributed by atoms with Gasteiger partial charge < -0.3 is 10.0 Å². The Morgan fingerprint density at radius 2 is 2.33 bits per heavy atom. The molecule has 0 spiro atoms. The molecule has 6 heteroatoms. The molecule has 1 saturated heterocycles. The second kappa shape index (κ2) is 5.03. The molecule has 6 nitrogen and oxygen atoms in total. The summed E-state index contributed by atoms with van der Waals surface area (Å²) < 4.78 is 1.77. The lowest BCUT2D eigenvalue weighted by atomic mass is 10.2. The minimum atomic E-state index is -0.888. The summed E-state index contributed by atoms with van der Waals surface area (Å²) in [5.41, 5.74) is 0.846. The average molecular weight is 249 g/mol. The molecular weight excluding hydrogens is 234 g/mol. The number of amides is 1. The van der Waals surface area contributed by atoms with Crippen LogP contribution in [0.3, 0.4) is 0 Å². The van der Waals surface area contributed by atoms with Crippen LogP contribution in [0.5, 0.6) is 0 Å². The molecule has 0 bridgehead atoms. The Labute approximate surface area is 105 Å². The summed E-state index contributed by atoms with van der Waals surface area (Å²) in [6.45, 7) is 2.49. The summed E-state index contributed by atoms with van der Waals surface area (Å²) in [7, 11) is 0. The van der Waals surface area contributed by atoms with E-state index in [0.29, 0.717) is 13.1 Å². The first-order chi connectivity index (χ1) is 8.56. The average Bonchev–Trinajstić information content (AvgIpc) is 2.95. The minimum absolute atomic E-state index is 0.0133. The zero-order chi connectivity index (χ0) is 13.1. The van der Waals surface area contributed by atoms with Crippen LogP contribution in [0.1, 0.15) is 24.9 Å². The molecule has 0 radical (unpaired) electrons. The topological polar surface area (TPSA) is 75.4 Å². The summed E-state index contributed by atoms with van der Waals surface area (Å²) in [4.78, 5) is 23.0. The van der Waals surface area contributed by atoms with E-state index in [9.17, 15) is 9.59 Å². The predicted molar refractivity (Wildman–Crippen MR) is 65.2 cm³/mol. The Kier molecular flexibility index (Phi) is 3.45. The molecular formula is C12H15N3O3. The summed E-state index contributed by atoms with van der Waals surface area (Å²) in [6.07, 6.45) is 6.57. The summed E-state index contributed by atoms with van der Waals surface area (Å²) >= 11 is 0. The quantitative estimate of drug-likeness (QED) is 0.822. The highest BCUT2D eigenvalue weighted by molar-refractivity contribution is 5.91. The van der Waals surface area contributed by atoms with E-state index >= 15 is 0 Å². The van der Waals surface area contributed by atoms with Crippen molar-refractivity contribution in [2.75, 3.05) is 13.1 Å². The van der Waals surface area contributed by atoms with Gasteiger partial charge in [-0.15, -0.1) is 0 Å². The molecule has 1 N–H and O–H groups in total. The molecule has 1 aliphatic rings. The lowest BCUT2D eigenvalue weighted by molar-refractivity contribution is -0.112. The number of ketones is 1. The van der Waals surface area contributed by atoms with E-state index in [4.69, 9.17) is 5.11 Å². The largest absolute Gasteiger partial charge is 0.465 e. The Morgan fingerprint density at radius 3 is 2.94 bits per heavy atom. The number of allylic oxidation sites excluding steroid dienone is 1. The second-order valence-corrected chi connectivity index (χ2v) is 4.37. The number of carboxylic acid groups (broad SMARTS) is 1. The number of rotatable bonds is 3. The number of hydrogen-bond acceptors (Lipinski definition) is 3. The van der Waals surface area contributed by atoms with Crippen molar-refractivity contribution in [3.8, 4) is 0 Å². The lowest BCUT2D eigenvalue weighted by Crippen LogP contribution is -2.27. The standard InChI is InChI=1S/C12H15N3O3/c1-9(16)2-3-10-6-13-15(7-10)11-4-5-14(8-11)12(17)18/h2-3,6-7,11H,4-5,8H2,1H3,(H,17,18). The van der Waals surface area contributed by atoms with Gasteiger partial charge in [0, 0.05) is 24.8 Å². The third kappa shape index (κ3) is 2.77. The molecule has 18 heavy (non-hydrogen) atoms. The number of aromatic nitrogens is 2. The van der Waals surface area contributed by atoms with Gasteiger partial charge in [-0.25, -0.2) is 4.79 Å². The van der Waals surface area contributed by atoms with Gasteiger partial charge in [0.2, 0.25) is 0 Å². The molecule has 1 amide bonds. The van der Waals surface area contributed by atoms with Crippen molar-refractivity contribution in [1.29, 1.82) is 0 Å². The molecule has 0 saturated carbocycles. The Bertz CT molecular complexity index is 493. The first-order valence-corrected chi connectivity index (χ1v) is 5.77. The Morgan fingerprint density at radius 1 is 1.56 bits per heavy atom. The molecule has 1 unspecified atom stereocenters. The van der Waals surface area contributed by atoms with Gasteiger partial charge in [-0.2, -0.15) is 5.10 Å². The van der Waals surface area contributed by atoms with Gasteiger partial charge >= 0.3 is 6.09 Å². The fraction of sp³-hybridized carbons (Fsp3) is 0.417. The van der Waals surface area contributed by atoms with Gasteiger partial charge in [0.1, 0.15) is 0 Å². The van der Waals surface area contributed by atoms with Crippen molar-refractivity contribution >= 4 is 18.0 Å². The van der Waals surface area contributed by atoms with E-state index in [2.05, 4.69) is 5.10 Å². The van der Waals surface area contributed by atoms with Crippen LogP contribution in [-0.4, -0.2) is 44.8 Å². The van der Waals surface area contributed by atoms with Crippen LogP contribution in [0.2, 0.25) is 0 Å². The van der Waals surface area contributed by atoms with E-state index in [1.165, 1.54) is 17.9 Å². The zero-order valence-electron chi connectivity index (χ0n) is 10.1. The first-order valence-electron chi connectivity index (χ1n) is 5.77. The van der Waals surface area contributed by atoms with Crippen molar-refractivity contribution in [3.63, 3.8) is 0 Å². The summed E-state index contributed by atoms with van der Waals surface area (Å²) in [5, 5.41) is 13.1. The van der Waals surface area contributed by atoms with Gasteiger partial charge in [-0.05, 0) is 25.5 Å². The normalized spacial score (nSPS) is 19.6. The van der Waals surface area contributed by atoms with Gasteiger partial charge in [0.25, 0.3) is 0 Å². The van der Waals surface area contributed by atoms with Gasteiger partial charge in [0.05, 0.1) is 12.2 Å². The molecule has 1 atom stereocenters. The molecule has 1 aliphatic heterocycles. The monoisotopic (exact) mass is 249 g/mol. The fourth-order valence-electron chi connectivity index (χ4n) is 1.98. The smallest absolute Gasteiger partial charge is 0.407 e. The number of carbonyl (C=O) groups is 2. The van der Waals surface area contributed by atoms with E-state index < -0.39 is 6.09 Å². The molecule has 2 heterocycles. The SMILES string of the molecule is CC(=O)C=Cc1cnn(C2CCN(C(=O)O)C2)c1. The molecule has 1 fully saturated rings. The van der Waals surface area contributed by atoms with Crippen molar-refractivity contribution in [2.45, 2.75) is 19.4 Å². The number of carbonyl (C=O) groups excluding carboxylic acids is 1. The van der Waals surface area contributed by atoms with E-state index in [-0.39, 0.29) is 11.8 Å². The maximum Gasteiger partial charge on any atom is 0.407 e. The number of hydrogen-bond donors (Lipinski definition) is 1. The zero-order valence-corrected chi connectivity index (χ0v) is 10.1. The van der Waals surface area contributed by atoms with Gasteiger partial charge in [-0.1, -0.05) is 0 Å². The van der Waals surface area contributed by atoms with Crippen molar-refractivity contribution in [3.05, 3.63) is 24.0 Å². The van der Waals surface area contributed by atoms with Gasteiger partial charge in [0.15, 0.2) is 5.78 Å². The highest BCUT2D eigenvalue weighted by Gasteiger charge is 2.27. The van der Waals surface area contributed by atoms with Crippen molar-refractivity contribution < 1.29 is 14.7 Å². The third-order valence-electron chi connectivity index (χ3n) is 2.94. The first kappa shape index (κ1) is 12.3. The summed E-state index contributed by atoms with van der Waals surface area (Å²) in [5.74, 6) is -0.0133. The molecule has 1 aromatic heterocycles. The minimum Gasteiger partial charge on any atom is -0.465 e. The van der Waals surface area contributed by atoms with Crippen molar-refractivity contribution in [1.82, 2.24) is 14.7 Å². The Hall–Kier alpha value is -2.11. The molecule has 0 aromatic carbocycles. The fourth-order valence-corrected chi connectivity index (χ4v) is 1.98. The highest BCUT2D eigenvalue weighted by Crippen LogP contribution is 2.21. The van der Waals surface area contributed by atoms with Crippen LogP contribution in [0, 0.1) is 0 Å². The van der Waals surface area contributed by atoms with Crippen LogP contribution in [0.15, 0.2) is 18.5 Å².